The Bertz CT molecular complexity index is 314. The van der Waals surface area contributed by atoms with Crippen LogP contribution in [0.2, 0.25) is 0 Å². The second-order valence-electron chi connectivity index (χ2n) is 2.55. The van der Waals surface area contributed by atoms with Gasteiger partial charge in [0.25, 0.3) is 5.56 Å². The van der Waals surface area contributed by atoms with Crippen LogP contribution in [0.15, 0.2) is 10.9 Å². The fraction of sp³-hybridized carbons (Fsp3) is 0.500. The number of aromatic nitrogens is 2. The summed E-state index contributed by atoms with van der Waals surface area (Å²) in [6.45, 7) is 3.82. The lowest BCUT2D eigenvalue weighted by Gasteiger charge is -2.02. The van der Waals surface area contributed by atoms with Gasteiger partial charge in [-0.1, -0.05) is 6.92 Å². The highest BCUT2D eigenvalue weighted by atomic mass is 16.1. The zero-order valence-corrected chi connectivity index (χ0v) is 7.09. The normalized spacial score (nSPS) is 10.1. The average molecular weight is 152 g/mol. The summed E-state index contributed by atoms with van der Waals surface area (Å²) in [5.41, 5.74) is 0.889. The monoisotopic (exact) mass is 152 g/mol. The predicted octanol–water partition coefficient (Wildman–Crippen LogP) is 0.651. The summed E-state index contributed by atoms with van der Waals surface area (Å²) in [5.74, 6) is 0.773. The number of rotatable bonds is 1. The van der Waals surface area contributed by atoms with E-state index in [9.17, 15) is 4.79 Å². The zero-order chi connectivity index (χ0) is 8.43. The second-order valence-corrected chi connectivity index (χ2v) is 2.55. The van der Waals surface area contributed by atoms with E-state index < -0.39 is 0 Å². The van der Waals surface area contributed by atoms with Gasteiger partial charge in [-0.3, -0.25) is 4.79 Å². The number of nitrogens with zero attached hydrogens (tertiary/aromatic N) is 2. The van der Waals surface area contributed by atoms with Crippen molar-refractivity contribution in [3.05, 3.63) is 27.9 Å². The van der Waals surface area contributed by atoms with Crippen LogP contribution in [-0.4, -0.2) is 9.55 Å². The van der Waals surface area contributed by atoms with Gasteiger partial charge in [0.2, 0.25) is 0 Å². The number of hydrogen-bond acceptors (Lipinski definition) is 2. The number of aryl methyl sites for hydroxylation is 2. The van der Waals surface area contributed by atoms with Crippen molar-refractivity contribution < 1.29 is 0 Å². The molecule has 60 valence electrons. The first-order valence-corrected chi connectivity index (χ1v) is 3.68. The van der Waals surface area contributed by atoms with Crippen LogP contribution in [-0.2, 0) is 13.5 Å². The molecular formula is C8H12N2O. The van der Waals surface area contributed by atoms with Crippen LogP contribution in [0.25, 0.3) is 0 Å². The van der Waals surface area contributed by atoms with E-state index in [-0.39, 0.29) is 5.56 Å². The first-order valence-electron chi connectivity index (χ1n) is 3.68. The van der Waals surface area contributed by atoms with E-state index in [1.807, 2.05) is 13.8 Å². The van der Waals surface area contributed by atoms with Crippen molar-refractivity contribution in [1.82, 2.24) is 9.55 Å². The lowest BCUT2D eigenvalue weighted by Crippen LogP contribution is -2.20. The summed E-state index contributed by atoms with van der Waals surface area (Å²) in [4.78, 5) is 15.4. The highest BCUT2D eigenvalue weighted by Gasteiger charge is 1.98. The maximum atomic E-state index is 11.1. The Labute approximate surface area is 65.7 Å². The minimum atomic E-state index is 0.0225. The SMILES string of the molecule is CCc1cc(=O)n(C)c(C)n1. The summed E-state index contributed by atoms with van der Waals surface area (Å²) < 4.78 is 1.54. The molecular weight excluding hydrogens is 140 g/mol. The van der Waals surface area contributed by atoms with Gasteiger partial charge in [0.05, 0.1) is 0 Å². The third-order valence-corrected chi connectivity index (χ3v) is 1.77. The van der Waals surface area contributed by atoms with Crippen LogP contribution in [0.3, 0.4) is 0 Å². The van der Waals surface area contributed by atoms with E-state index in [2.05, 4.69) is 4.98 Å². The molecule has 0 aromatic carbocycles. The van der Waals surface area contributed by atoms with Crippen molar-refractivity contribution in [2.45, 2.75) is 20.3 Å². The zero-order valence-electron chi connectivity index (χ0n) is 7.09. The minimum Gasteiger partial charge on any atom is -0.300 e. The largest absolute Gasteiger partial charge is 0.300 e. The van der Waals surface area contributed by atoms with E-state index >= 15 is 0 Å². The van der Waals surface area contributed by atoms with Crippen molar-refractivity contribution in [2.24, 2.45) is 7.05 Å². The molecule has 0 unspecified atom stereocenters. The van der Waals surface area contributed by atoms with Crippen LogP contribution in [0.5, 0.6) is 0 Å². The third-order valence-electron chi connectivity index (χ3n) is 1.77. The Morgan fingerprint density at radius 1 is 1.64 bits per heavy atom. The molecule has 0 aliphatic carbocycles. The molecule has 11 heavy (non-hydrogen) atoms. The van der Waals surface area contributed by atoms with Crippen molar-refractivity contribution in [3.8, 4) is 0 Å². The molecule has 0 radical (unpaired) electrons. The maximum Gasteiger partial charge on any atom is 0.253 e. The minimum absolute atomic E-state index is 0.0225. The summed E-state index contributed by atoms with van der Waals surface area (Å²) in [6.07, 6.45) is 0.816. The smallest absolute Gasteiger partial charge is 0.253 e. The second kappa shape index (κ2) is 2.86. The highest BCUT2D eigenvalue weighted by molar-refractivity contribution is 5.02. The van der Waals surface area contributed by atoms with E-state index in [0.717, 1.165) is 17.9 Å². The van der Waals surface area contributed by atoms with E-state index in [1.54, 1.807) is 17.7 Å². The van der Waals surface area contributed by atoms with E-state index in [0.29, 0.717) is 0 Å². The molecule has 0 aliphatic heterocycles. The van der Waals surface area contributed by atoms with Gasteiger partial charge in [-0.15, -0.1) is 0 Å². The number of hydrogen-bond donors (Lipinski definition) is 0. The van der Waals surface area contributed by atoms with Crippen LogP contribution in [0.4, 0.5) is 0 Å². The molecule has 0 aliphatic rings. The summed E-state index contributed by atoms with van der Waals surface area (Å²) in [5, 5.41) is 0. The van der Waals surface area contributed by atoms with Gasteiger partial charge in [-0.25, -0.2) is 4.98 Å². The van der Waals surface area contributed by atoms with Gasteiger partial charge in [-0.05, 0) is 13.3 Å². The Morgan fingerprint density at radius 2 is 2.27 bits per heavy atom. The fourth-order valence-corrected chi connectivity index (χ4v) is 0.895. The van der Waals surface area contributed by atoms with Crippen LogP contribution in [0, 0.1) is 6.92 Å². The first-order chi connectivity index (χ1) is 5.15. The van der Waals surface area contributed by atoms with Crippen LogP contribution in [0.1, 0.15) is 18.4 Å². The Morgan fingerprint density at radius 3 is 2.73 bits per heavy atom. The van der Waals surface area contributed by atoms with E-state index in [1.165, 1.54) is 0 Å². The Hall–Kier alpha value is -1.12. The van der Waals surface area contributed by atoms with Gasteiger partial charge in [0.15, 0.2) is 0 Å². The maximum absolute atomic E-state index is 11.1. The highest BCUT2D eigenvalue weighted by Crippen LogP contribution is 1.92. The molecule has 1 rings (SSSR count). The van der Waals surface area contributed by atoms with Gasteiger partial charge < -0.3 is 4.57 Å². The van der Waals surface area contributed by atoms with Gasteiger partial charge in [0, 0.05) is 18.8 Å². The lowest BCUT2D eigenvalue weighted by atomic mass is 10.3. The topological polar surface area (TPSA) is 34.9 Å². The molecule has 0 amide bonds. The molecule has 0 bridgehead atoms. The van der Waals surface area contributed by atoms with Crippen molar-refractivity contribution in [3.63, 3.8) is 0 Å². The van der Waals surface area contributed by atoms with E-state index in [4.69, 9.17) is 0 Å². The van der Waals surface area contributed by atoms with Gasteiger partial charge in [0.1, 0.15) is 5.82 Å². The summed E-state index contributed by atoms with van der Waals surface area (Å²) in [7, 11) is 1.73. The molecule has 0 saturated heterocycles. The van der Waals surface area contributed by atoms with Crippen molar-refractivity contribution in [2.75, 3.05) is 0 Å². The van der Waals surface area contributed by atoms with Crippen LogP contribution < -0.4 is 5.56 Å². The average Bonchev–Trinajstić information content (AvgIpc) is 1.99. The molecule has 1 heterocycles. The Balaban J connectivity index is 3.32. The molecule has 3 heteroatoms. The Kier molecular flexibility index (Phi) is 2.08. The third kappa shape index (κ3) is 1.48. The van der Waals surface area contributed by atoms with Crippen molar-refractivity contribution >= 4 is 0 Å². The van der Waals surface area contributed by atoms with Crippen molar-refractivity contribution in [1.29, 1.82) is 0 Å². The molecule has 3 nitrogen and oxygen atoms in total. The lowest BCUT2D eigenvalue weighted by molar-refractivity contribution is 0.755. The van der Waals surface area contributed by atoms with Gasteiger partial charge in [-0.2, -0.15) is 0 Å². The molecule has 1 aromatic heterocycles. The molecule has 1 aromatic rings. The summed E-state index contributed by atoms with van der Waals surface area (Å²) in [6, 6.07) is 1.58. The fourth-order valence-electron chi connectivity index (χ4n) is 0.895. The quantitative estimate of drug-likeness (QED) is 0.592. The summed E-state index contributed by atoms with van der Waals surface area (Å²) >= 11 is 0. The molecule has 0 fully saturated rings. The molecule has 0 spiro atoms. The molecule has 0 saturated carbocycles. The van der Waals surface area contributed by atoms with Crippen LogP contribution >= 0.6 is 0 Å². The standard InChI is InChI=1S/C8H12N2O/c1-4-7-5-8(11)10(3)6(2)9-7/h5H,4H2,1-3H3. The van der Waals surface area contributed by atoms with Gasteiger partial charge >= 0.3 is 0 Å². The first kappa shape index (κ1) is 7.98. The predicted molar refractivity (Wildman–Crippen MR) is 43.6 cm³/mol. The molecule has 0 N–H and O–H groups in total. The molecule has 0 atom stereocenters.